The lowest BCUT2D eigenvalue weighted by atomic mass is 10.0. The molecule has 3 N–H and O–H groups in total. The van der Waals surface area contributed by atoms with Crippen molar-refractivity contribution in [1.29, 1.82) is 0 Å². The number of hydrogen-bond donors (Lipinski definition) is 2. The highest BCUT2D eigenvalue weighted by Gasteiger charge is 2.29. The number of fused-ring (bicyclic) bond motifs is 1. The largest absolute Gasteiger partial charge is 0.492 e. The lowest BCUT2D eigenvalue weighted by Gasteiger charge is -2.09. The van der Waals surface area contributed by atoms with Crippen LogP contribution in [-0.2, 0) is 14.8 Å². The van der Waals surface area contributed by atoms with Gasteiger partial charge in [0.05, 0.1) is 5.75 Å². The summed E-state index contributed by atoms with van der Waals surface area (Å²) in [5.41, 5.74) is 0.867. The van der Waals surface area contributed by atoms with E-state index < -0.39 is 10.0 Å². The van der Waals surface area contributed by atoms with Gasteiger partial charge in [-0.05, 0) is 12.5 Å². The fourth-order valence-electron chi connectivity index (χ4n) is 1.99. The molecule has 0 aromatic heterocycles. The third kappa shape index (κ3) is 3.68. The SMILES string of the molecule is NS(=O)(=O)CCCNC(=O)C1COc2ccccc21. The Bertz CT molecular complexity index is 571. The van der Waals surface area contributed by atoms with Crippen molar-refractivity contribution in [3.8, 4) is 5.75 Å². The van der Waals surface area contributed by atoms with Crippen LogP contribution < -0.4 is 15.2 Å². The van der Waals surface area contributed by atoms with E-state index in [-0.39, 0.29) is 24.1 Å². The average molecular weight is 284 g/mol. The molecule has 2 rings (SSSR count). The molecule has 104 valence electrons. The van der Waals surface area contributed by atoms with Crippen LogP contribution in [0.1, 0.15) is 17.9 Å². The minimum absolute atomic E-state index is 0.134. The summed E-state index contributed by atoms with van der Waals surface area (Å²) in [6.07, 6.45) is 0.305. The summed E-state index contributed by atoms with van der Waals surface area (Å²) in [5.74, 6) is 0.114. The molecule has 0 saturated carbocycles. The number of rotatable bonds is 5. The number of benzene rings is 1. The fourth-order valence-corrected chi connectivity index (χ4v) is 2.53. The van der Waals surface area contributed by atoms with E-state index in [0.717, 1.165) is 11.3 Å². The summed E-state index contributed by atoms with van der Waals surface area (Å²) < 4.78 is 26.9. The number of primary sulfonamides is 1. The predicted molar refractivity (Wildman–Crippen MR) is 70.3 cm³/mol. The molecule has 0 fully saturated rings. The number of nitrogens with two attached hydrogens (primary N) is 1. The van der Waals surface area contributed by atoms with Gasteiger partial charge in [0, 0.05) is 12.1 Å². The number of para-hydroxylation sites is 1. The Hall–Kier alpha value is -1.60. The number of ether oxygens (including phenoxy) is 1. The van der Waals surface area contributed by atoms with Crippen LogP contribution in [0.15, 0.2) is 24.3 Å². The molecule has 0 radical (unpaired) electrons. The molecule has 0 saturated heterocycles. The van der Waals surface area contributed by atoms with Gasteiger partial charge in [-0.25, -0.2) is 13.6 Å². The Morgan fingerprint density at radius 1 is 1.42 bits per heavy atom. The zero-order valence-electron chi connectivity index (χ0n) is 10.3. The molecule has 1 atom stereocenters. The molecule has 1 heterocycles. The number of sulfonamides is 1. The molecular formula is C12H16N2O4S. The standard InChI is InChI=1S/C12H16N2O4S/c13-19(16,17)7-3-6-14-12(15)10-8-18-11-5-2-1-4-9(10)11/h1-2,4-5,10H,3,6-8H2,(H,14,15)(H2,13,16,17). The predicted octanol–water partition coefficient (Wildman–Crippen LogP) is -0.0426. The maximum Gasteiger partial charge on any atom is 0.231 e. The molecule has 0 spiro atoms. The molecule has 0 aliphatic carbocycles. The third-order valence-electron chi connectivity index (χ3n) is 2.92. The Balaban J connectivity index is 1.85. The van der Waals surface area contributed by atoms with Gasteiger partial charge < -0.3 is 10.1 Å². The Morgan fingerprint density at radius 2 is 2.16 bits per heavy atom. The summed E-state index contributed by atoms with van der Waals surface area (Å²) >= 11 is 0. The summed E-state index contributed by atoms with van der Waals surface area (Å²) in [7, 11) is -3.47. The maximum atomic E-state index is 12.0. The Kier molecular flexibility index (Phi) is 4.06. The Morgan fingerprint density at radius 3 is 2.89 bits per heavy atom. The van der Waals surface area contributed by atoms with Gasteiger partial charge >= 0.3 is 0 Å². The van der Waals surface area contributed by atoms with E-state index in [9.17, 15) is 13.2 Å². The van der Waals surface area contributed by atoms with Crippen molar-refractivity contribution in [3.63, 3.8) is 0 Å². The molecule has 1 amide bonds. The van der Waals surface area contributed by atoms with Gasteiger partial charge in [-0.2, -0.15) is 0 Å². The minimum Gasteiger partial charge on any atom is -0.492 e. The lowest BCUT2D eigenvalue weighted by Crippen LogP contribution is -2.32. The number of carbonyl (C=O) groups excluding carboxylic acids is 1. The van der Waals surface area contributed by atoms with Crippen LogP contribution in [0.25, 0.3) is 0 Å². The maximum absolute atomic E-state index is 12.0. The van der Waals surface area contributed by atoms with Crippen LogP contribution in [-0.4, -0.2) is 33.2 Å². The van der Waals surface area contributed by atoms with Crippen LogP contribution in [0, 0.1) is 0 Å². The second-order valence-electron chi connectivity index (χ2n) is 4.41. The second kappa shape index (κ2) is 5.58. The first-order chi connectivity index (χ1) is 8.97. The van der Waals surface area contributed by atoms with E-state index in [1.54, 1.807) is 0 Å². The number of hydrogen-bond acceptors (Lipinski definition) is 4. The minimum atomic E-state index is -3.47. The smallest absolute Gasteiger partial charge is 0.231 e. The third-order valence-corrected chi connectivity index (χ3v) is 3.78. The van der Waals surface area contributed by atoms with Crippen molar-refractivity contribution in [2.24, 2.45) is 5.14 Å². The molecule has 1 aliphatic heterocycles. The van der Waals surface area contributed by atoms with Crippen LogP contribution in [0.4, 0.5) is 0 Å². The van der Waals surface area contributed by atoms with Crippen molar-refractivity contribution < 1.29 is 17.9 Å². The first kappa shape index (κ1) is 13.8. The number of nitrogens with one attached hydrogen (secondary N) is 1. The summed E-state index contributed by atoms with van der Waals surface area (Å²) in [4.78, 5) is 12.0. The number of carbonyl (C=O) groups is 1. The lowest BCUT2D eigenvalue weighted by molar-refractivity contribution is -0.122. The monoisotopic (exact) mass is 284 g/mol. The van der Waals surface area contributed by atoms with E-state index in [1.807, 2.05) is 24.3 Å². The molecule has 0 bridgehead atoms. The van der Waals surface area contributed by atoms with Crippen LogP contribution in [0.3, 0.4) is 0 Å². The molecule has 19 heavy (non-hydrogen) atoms. The zero-order valence-corrected chi connectivity index (χ0v) is 11.2. The molecule has 6 nitrogen and oxygen atoms in total. The van der Waals surface area contributed by atoms with Crippen LogP contribution >= 0.6 is 0 Å². The number of amides is 1. The molecule has 1 aromatic carbocycles. The van der Waals surface area contributed by atoms with Gasteiger partial charge in [0.15, 0.2) is 0 Å². The topological polar surface area (TPSA) is 98.5 Å². The van der Waals surface area contributed by atoms with Crippen LogP contribution in [0.2, 0.25) is 0 Å². The van der Waals surface area contributed by atoms with Gasteiger partial charge in [-0.1, -0.05) is 18.2 Å². The van der Waals surface area contributed by atoms with Crippen molar-refractivity contribution in [3.05, 3.63) is 29.8 Å². The molecule has 7 heteroatoms. The summed E-state index contributed by atoms with van der Waals surface area (Å²) in [5, 5.41) is 7.58. The summed E-state index contributed by atoms with van der Waals surface area (Å²) in [6.45, 7) is 0.605. The van der Waals surface area contributed by atoms with Crippen molar-refractivity contribution in [1.82, 2.24) is 5.32 Å². The van der Waals surface area contributed by atoms with Crippen LogP contribution in [0.5, 0.6) is 5.75 Å². The average Bonchev–Trinajstić information content (AvgIpc) is 2.77. The summed E-state index contributed by atoms with van der Waals surface area (Å²) in [6, 6.07) is 7.39. The van der Waals surface area contributed by atoms with E-state index in [2.05, 4.69) is 5.32 Å². The highest BCUT2D eigenvalue weighted by atomic mass is 32.2. The van der Waals surface area contributed by atoms with E-state index in [1.165, 1.54) is 0 Å². The van der Waals surface area contributed by atoms with Crippen molar-refractivity contribution in [2.45, 2.75) is 12.3 Å². The van der Waals surface area contributed by atoms with Gasteiger partial charge in [0.1, 0.15) is 18.3 Å². The van der Waals surface area contributed by atoms with Gasteiger partial charge in [0.2, 0.25) is 15.9 Å². The Labute approximate surface area is 112 Å². The van der Waals surface area contributed by atoms with Gasteiger partial charge in [0.25, 0.3) is 0 Å². The quantitative estimate of drug-likeness (QED) is 0.741. The molecule has 1 unspecified atom stereocenters. The first-order valence-corrected chi connectivity index (χ1v) is 7.69. The zero-order chi connectivity index (χ0) is 13.9. The fraction of sp³-hybridized carbons (Fsp3) is 0.417. The van der Waals surface area contributed by atoms with Gasteiger partial charge in [-0.15, -0.1) is 0 Å². The highest BCUT2D eigenvalue weighted by molar-refractivity contribution is 7.89. The van der Waals surface area contributed by atoms with E-state index in [0.29, 0.717) is 13.0 Å². The van der Waals surface area contributed by atoms with E-state index >= 15 is 0 Å². The molecular weight excluding hydrogens is 268 g/mol. The van der Waals surface area contributed by atoms with E-state index in [4.69, 9.17) is 9.88 Å². The highest BCUT2D eigenvalue weighted by Crippen LogP contribution is 2.33. The first-order valence-electron chi connectivity index (χ1n) is 5.97. The normalized spacial score (nSPS) is 17.6. The van der Waals surface area contributed by atoms with Crippen molar-refractivity contribution >= 4 is 15.9 Å². The molecule has 1 aliphatic rings. The second-order valence-corrected chi connectivity index (χ2v) is 6.15. The molecule has 1 aromatic rings. The van der Waals surface area contributed by atoms with Crippen molar-refractivity contribution in [2.75, 3.05) is 18.9 Å². The van der Waals surface area contributed by atoms with Gasteiger partial charge in [-0.3, -0.25) is 4.79 Å².